The van der Waals surface area contributed by atoms with Crippen molar-refractivity contribution in [2.75, 3.05) is 13.1 Å². The standard InChI is InChI=1S/C18H22N4O2.2HI/c1-21-11-5-15(6-12-21)17(23)19-9-3-4-10-20-18(24)16-7-13-22(2)14-8-16;;/h5-8,11-14H,3-4,9-10H2,1-2H3;2*1H. The Morgan fingerprint density at radius 2 is 1.04 bits per heavy atom. The average molecular weight is 582 g/mol. The molecule has 0 aliphatic rings. The summed E-state index contributed by atoms with van der Waals surface area (Å²) in [5, 5.41) is 5.76. The van der Waals surface area contributed by atoms with Gasteiger partial charge in [-0.15, -0.1) is 0 Å². The quantitative estimate of drug-likeness (QED) is 0.195. The fourth-order valence-corrected chi connectivity index (χ4v) is 2.16. The van der Waals surface area contributed by atoms with Crippen LogP contribution < -0.4 is 67.7 Å². The Hall–Kier alpha value is -1.30. The van der Waals surface area contributed by atoms with Crippen molar-refractivity contribution < 1.29 is 66.7 Å². The highest BCUT2D eigenvalue weighted by molar-refractivity contribution is 5.94. The van der Waals surface area contributed by atoms with Gasteiger partial charge in [0, 0.05) is 37.4 Å². The molecule has 2 N–H and O–H groups in total. The van der Waals surface area contributed by atoms with Crippen molar-refractivity contribution in [3.8, 4) is 0 Å². The summed E-state index contributed by atoms with van der Waals surface area (Å²) < 4.78 is 3.76. The molecule has 6 nitrogen and oxygen atoms in total. The number of halogens is 2. The summed E-state index contributed by atoms with van der Waals surface area (Å²) in [6, 6.07) is 7.15. The first kappa shape index (κ1) is 24.7. The molecule has 2 aromatic heterocycles. The number of hydrogen-bond donors (Lipinski definition) is 2. The van der Waals surface area contributed by atoms with Gasteiger partial charge < -0.3 is 58.6 Å². The van der Waals surface area contributed by atoms with Gasteiger partial charge in [-0.1, -0.05) is 0 Å². The van der Waals surface area contributed by atoms with E-state index in [9.17, 15) is 9.59 Å². The zero-order valence-electron chi connectivity index (χ0n) is 14.9. The molecule has 26 heavy (non-hydrogen) atoms. The zero-order chi connectivity index (χ0) is 17.4. The van der Waals surface area contributed by atoms with E-state index in [2.05, 4.69) is 10.6 Å². The van der Waals surface area contributed by atoms with E-state index in [1.807, 2.05) is 48.0 Å². The minimum absolute atomic E-state index is 0. The highest BCUT2D eigenvalue weighted by Crippen LogP contribution is 1.97. The predicted octanol–water partition coefficient (Wildman–Crippen LogP) is -5.72. The summed E-state index contributed by atoms with van der Waals surface area (Å²) >= 11 is 0. The molecule has 2 heterocycles. The molecule has 0 aliphatic heterocycles. The summed E-state index contributed by atoms with van der Waals surface area (Å²) in [5.41, 5.74) is 1.30. The van der Waals surface area contributed by atoms with E-state index < -0.39 is 0 Å². The van der Waals surface area contributed by atoms with Crippen LogP contribution in [-0.2, 0) is 14.1 Å². The number of hydrogen-bond acceptors (Lipinski definition) is 2. The maximum absolute atomic E-state index is 11.9. The summed E-state index contributed by atoms with van der Waals surface area (Å²) in [6.07, 6.45) is 9.00. The molecule has 2 rings (SSSR count). The molecular weight excluding hydrogens is 558 g/mol. The van der Waals surface area contributed by atoms with E-state index in [0.717, 1.165) is 12.8 Å². The number of amides is 2. The van der Waals surface area contributed by atoms with Gasteiger partial charge in [0.15, 0.2) is 24.8 Å². The van der Waals surface area contributed by atoms with Gasteiger partial charge in [-0.3, -0.25) is 9.59 Å². The molecule has 0 unspecified atom stereocenters. The molecule has 0 aromatic carbocycles. The van der Waals surface area contributed by atoms with Gasteiger partial charge in [-0.2, -0.15) is 0 Å². The second-order valence-electron chi connectivity index (χ2n) is 5.72. The number of pyridine rings is 2. The largest absolute Gasteiger partial charge is 1.00 e. The molecule has 0 spiro atoms. The van der Waals surface area contributed by atoms with E-state index in [-0.39, 0.29) is 59.8 Å². The highest BCUT2D eigenvalue weighted by atomic mass is 127. The molecule has 0 saturated heterocycles. The molecule has 0 saturated carbocycles. The molecular formula is C18H24I2N4O2. The van der Waals surface area contributed by atoms with Gasteiger partial charge in [0.05, 0.1) is 11.1 Å². The minimum Gasteiger partial charge on any atom is -1.00 e. The van der Waals surface area contributed by atoms with E-state index >= 15 is 0 Å². The molecule has 0 bridgehead atoms. The predicted molar refractivity (Wildman–Crippen MR) is 89.1 cm³/mol. The molecule has 2 aromatic rings. The third-order valence-electron chi connectivity index (χ3n) is 3.66. The molecule has 0 fully saturated rings. The molecule has 0 aliphatic carbocycles. The van der Waals surface area contributed by atoms with Crippen LogP contribution in [0.15, 0.2) is 49.1 Å². The first-order valence-electron chi connectivity index (χ1n) is 8.03. The SMILES string of the molecule is C[n+]1ccc(C(=O)NCCCCNC(=O)c2cc[n+](C)cc2)cc1.[I-].[I-]. The lowest BCUT2D eigenvalue weighted by Gasteiger charge is -2.06. The summed E-state index contributed by atoms with van der Waals surface area (Å²) in [5.74, 6) is -0.145. The summed E-state index contributed by atoms with van der Waals surface area (Å²) in [6.45, 7) is 1.19. The highest BCUT2D eigenvalue weighted by Gasteiger charge is 2.07. The minimum atomic E-state index is -0.0724. The van der Waals surface area contributed by atoms with Crippen molar-refractivity contribution in [2.45, 2.75) is 12.8 Å². The van der Waals surface area contributed by atoms with E-state index in [4.69, 9.17) is 0 Å². The van der Waals surface area contributed by atoms with Crippen molar-refractivity contribution in [3.05, 3.63) is 60.2 Å². The van der Waals surface area contributed by atoms with Gasteiger partial charge in [0.1, 0.15) is 14.1 Å². The van der Waals surface area contributed by atoms with Gasteiger partial charge in [0.25, 0.3) is 11.8 Å². The number of aromatic nitrogens is 2. The van der Waals surface area contributed by atoms with Crippen molar-refractivity contribution in [3.63, 3.8) is 0 Å². The topological polar surface area (TPSA) is 66.0 Å². The number of unbranched alkanes of at least 4 members (excludes halogenated alkanes) is 1. The van der Waals surface area contributed by atoms with Crippen LogP contribution in [0.2, 0.25) is 0 Å². The maximum Gasteiger partial charge on any atom is 0.251 e. The van der Waals surface area contributed by atoms with E-state index in [1.165, 1.54) is 0 Å². The number of nitrogens with one attached hydrogen (secondary N) is 2. The first-order chi connectivity index (χ1) is 11.6. The fourth-order valence-electron chi connectivity index (χ4n) is 2.16. The van der Waals surface area contributed by atoms with Gasteiger partial charge >= 0.3 is 0 Å². The third-order valence-corrected chi connectivity index (χ3v) is 3.66. The Bertz CT molecular complexity index is 630. The number of carbonyl (C=O) groups excluding carboxylic acids is 2. The number of carbonyl (C=O) groups is 2. The Labute approximate surface area is 188 Å². The van der Waals surface area contributed by atoms with Gasteiger partial charge in [-0.05, 0) is 12.8 Å². The molecule has 0 atom stereocenters. The fraction of sp³-hybridized carbons (Fsp3) is 0.333. The van der Waals surface area contributed by atoms with Crippen LogP contribution in [0.1, 0.15) is 33.6 Å². The number of aryl methyl sites for hydroxylation is 2. The van der Waals surface area contributed by atoms with Crippen LogP contribution in [-0.4, -0.2) is 24.9 Å². The molecule has 2 amide bonds. The Kier molecular flexibility index (Phi) is 12.3. The Morgan fingerprint density at radius 3 is 1.35 bits per heavy atom. The lowest BCUT2D eigenvalue weighted by atomic mass is 10.2. The first-order valence-corrected chi connectivity index (χ1v) is 8.03. The van der Waals surface area contributed by atoms with Gasteiger partial charge in [0.2, 0.25) is 0 Å². The van der Waals surface area contributed by atoms with Crippen molar-refractivity contribution in [1.29, 1.82) is 0 Å². The molecule has 8 heteroatoms. The van der Waals surface area contributed by atoms with Crippen LogP contribution in [0.4, 0.5) is 0 Å². The third kappa shape index (κ3) is 8.39. The lowest BCUT2D eigenvalue weighted by Crippen LogP contribution is -3.00. The lowest BCUT2D eigenvalue weighted by molar-refractivity contribution is -0.671. The smallest absolute Gasteiger partial charge is 0.251 e. The Morgan fingerprint density at radius 1 is 0.731 bits per heavy atom. The zero-order valence-corrected chi connectivity index (χ0v) is 19.2. The van der Waals surface area contributed by atoms with Crippen LogP contribution >= 0.6 is 0 Å². The van der Waals surface area contributed by atoms with Crippen molar-refractivity contribution in [2.24, 2.45) is 14.1 Å². The normalized spacial score (nSPS) is 9.46. The molecule has 142 valence electrons. The van der Waals surface area contributed by atoms with E-state index in [0.29, 0.717) is 24.2 Å². The van der Waals surface area contributed by atoms with Crippen LogP contribution in [0, 0.1) is 0 Å². The van der Waals surface area contributed by atoms with Gasteiger partial charge in [-0.25, -0.2) is 9.13 Å². The maximum atomic E-state index is 11.9. The number of rotatable bonds is 7. The second kappa shape index (κ2) is 13.0. The summed E-state index contributed by atoms with van der Waals surface area (Å²) in [4.78, 5) is 23.8. The summed E-state index contributed by atoms with van der Waals surface area (Å²) in [7, 11) is 3.82. The second-order valence-corrected chi connectivity index (χ2v) is 5.72. The average Bonchev–Trinajstić information content (AvgIpc) is 2.58. The Balaban J connectivity index is 0.00000312. The molecule has 0 radical (unpaired) electrons. The van der Waals surface area contributed by atoms with Crippen LogP contribution in [0.5, 0.6) is 0 Å². The monoisotopic (exact) mass is 582 g/mol. The van der Waals surface area contributed by atoms with Crippen LogP contribution in [0.25, 0.3) is 0 Å². The van der Waals surface area contributed by atoms with Crippen molar-refractivity contribution in [1.82, 2.24) is 10.6 Å². The van der Waals surface area contributed by atoms with Crippen LogP contribution in [0.3, 0.4) is 0 Å². The van der Waals surface area contributed by atoms with E-state index in [1.54, 1.807) is 24.3 Å². The number of nitrogens with zero attached hydrogens (tertiary/aromatic N) is 2. The van der Waals surface area contributed by atoms with Crippen molar-refractivity contribution >= 4 is 11.8 Å².